The summed E-state index contributed by atoms with van der Waals surface area (Å²) in [5.41, 5.74) is 7.90. The normalized spacial score (nSPS) is 12.9. The van der Waals surface area contributed by atoms with Gasteiger partial charge in [-0.15, -0.1) is 12.4 Å². The summed E-state index contributed by atoms with van der Waals surface area (Å²) in [7, 11) is 0. The van der Waals surface area contributed by atoms with Crippen LogP contribution in [0.2, 0.25) is 0 Å². The summed E-state index contributed by atoms with van der Waals surface area (Å²) in [5.74, 6) is 0.0748. The Balaban J connectivity index is 0.00000205. The first-order valence-corrected chi connectivity index (χ1v) is 9.32. The number of carbonyl (C=O) groups excluding carboxylic acids is 1. The zero-order valence-corrected chi connectivity index (χ0v) is 16.4. The second-order valence-corrected chi connectivity index (χ2v) is 7.09. The number of nitrogens with one attached hydrogen (secondary N) is 1. The van der Waals surface area contributed by atoms with E-state index in [1.165, 1.54) is 0 Å². The van der Waals surface area contributed by atoms with E-state index in [4.69, 9.17) is 4.98 Å². The molecule has 4 aromatic rings. The highest BCUT2D eigenvalue weighted by Crippen LogP contribution is 2.29. The Morgan fingerprint density at radius 2 is 1.83 bits per heavy atom. The molecule has 3 heterocycles. The fraction of sp³-hybridized carbons (Fsp3) is 0.130. The van der Waals surface area contributed by atoms with Crippen LogP contribution < -0.4 is 5.32 Å². The van der Waals surface area contributed by atoms with Gasteiger partial charge in [0.25, 0.3) is 0 Å². The van der Waals surface area contributed by atoms with Crippen LogP contribution in [0.25, 0.3) is 28.0 Å². The predicted molar refractivity (Wildman–Crippen MR) is 116 cm³/mol. The molecule has 5 rings (SSSR count). The maximum atomic E-state index is 11.5. The van der Waals surface area contributed by atoms with Crippen molar-refractivity contribution in [1.29, 1.82) is 0 Å². The van der Waals surface area contributed by atoms with Gasteiger partial charge in [0.2, 0.25) is 5.91 Å². The summed E-state index contributed by atoms with van der Waals surface area (Å²) in [6, 6.07) is 18.0. The molecule has 0 saturated heterocycles. The van der Waals surface area contributed by atoms with Crippen molar-refractivity contribution in [2.24, 2.45) is 0 Å². The zero-order chi connectivity index (χ0) is 19.1. The van der Waals surface area contributed by atoms with E-state index >= 15 is 0 Å². The summed E-state index contributed by atoms with van der Waals surface area (Å²) < 4.78 is 2.03. The summed E-state index contributed by atoms with van der Waals surface area (Å²) in [6.45, 7) is 0.0318. The maximum absolute atomic E-state index is 11.5. The Morgan fingerprint density at radius 3 is 2.69 bits per heavy atom. The number of nitrogens with zero attached hydrogens (tertiary/aromatic N) is 2. The summed E-state index contributed by atoms with van der Waals surface area (Å²) >= 11 is 0. The van der Waals surface area contributed by atoms with Gasteiger partial charge in [-0.3, -0.25) is 4.79 Å². The molecule has 0 fully saturated rings. The SMILES string of the molecule is Cl.O=C1CCc2cc(-c3cn4cc(-c5cccc(CO)c5)ccc4n3)ccc2N1. The van der Waals surface area contributed by atoms with Crippen LogP contribution in [0.15, 0.2) is 67.0 Å². The van der Waals surface area contributed by atoms with Gasteiger partial charge in [0.05, 0.1) is 12.3 Å². The lowest BCUT2D eigenvalue weighted by atomic mass is 9.99. The molecule has 2 N–H and O–H groups in total. The quantitative estimate of drug-likeness (QED) is 0.528. The average molecular weight is 406 g/mol. The molecule has 0 saturated carbocycles. The maximum Gasteiger partial charge on any atom is 0.224 e. The van der Waals surface area contributed by atoms with Crippen LogP contribution in [-0.2, 0) is 17.8 Å². The molecule has 0 radical (unpaired) electrons. The van der Waals surface area contributed by atoms with E-state index in [1.807, 2.05) is 59.1 Å². The van der Waals surface area contributed by atoms with Gasteiger partial charge in [-0.05, 0) is 59.0 Å². The number of rotatable bonds is 3. The van der Waals surface area contributed by atoms with Crippen molar-refractivity contribution in [3.8, 4) is 22.4 Å². The Kier molecular flexibility index (Phi) is 5.09. The van der Waals surface area contributed by atoms with Crippen LogP contribution in [0.5, 0.6) is 0 Å². The molecule has 6 heteroatoms. The Bertz CT molecular complexity index is 1220. The number of anilines is 1. The van der Waals surface area contributed by atoms with Crippen molar-refractivity contribution in [2.45, 2.75) is 19.4 Å². The number of imidazole rings is 1. The molecule has 0 aliphatic carbocycles. The highest BCUT2D eigenvalue weighted by molar-refractivity contribution is 5.94. The molecule has 0 unspecified atom stereocenters. The number of benzene rings is 2. The molecule has 2 aromatic carbocycles. The lowest BCUT2D eigenvalue weighted by Crippen LogP contribution is -2.18. The number of fused-ring (bicyclic) bond motifs is 2. The van der Waals surface area contributed by atoms with Crippen molar-refractivity contribution < 1.29 is 9.90 Å². The topological polar surface area (TPSA) is 66.6 Å². The van der Waals surface area contributed by atoms with E-state index in [0.29, 0.717) is 6.42 Å². The van der Waals surface area contributed by atoms with Crippen molar-refractivity contribution in [3.63, 3.8) is 0 Å². The van der Waals surface area contributed by atoms with E-state index in [2.05, 4.69) is 17.6 Å². The van der Waals surface area contributed by atoms with E-state index < -0.39 is 0 Å². The summed E-state index contributed by atoms with van der Waals surface area (Å²) in [6.07, 6.45) is 5.37. The molecule has 146 valence electrons. The fourth-order valence-electron chi connectivity index (χ4n) is 3.69. The smallest absolute Gasteiger partial charge is 0.224 e. The van der Waals surface area contributed by atoms with Crippen LogP contribution in [0.3, 0.4) is 0 Å². The van der Waals surface area contributed by atoms with Crippen molar-refractivity contribution >= 4 is 29.6 Å². The molecular formula is C23H20ClN3O2. The zero-order valence-electron chi connectivity index (χ0n) is 15.6. The number of aromatic nitrogens is 2. The third kappa shape index (κ3) is 3.62. The van der Waals surface area contributed by atoms with Crippen molar-refractivity contribution in [1.82, 2.24) is 9.38 Å². The van der Waals surface area contributed by atoms with E-state index in [1.54, 1.807) is 0 Å². The number of halogens is 1. The molecule has 1 aliphatic rings. The van der Waals surface area contributed by atoms with E-state index in [-0.39, 0.29) is 24.9 Å². The minimum atomic E-state index is 0. The van der Waals surface area contributed by atoms with Gasteiger partial charge in [0, 0.05) is 30.1 Å². The van der Waals surface area contributed by atoms with Gasteiger partial charge in [-0.1, -0.05) is 24.3 Å². The fourth-order valence-corrected chi connectivity index (χ4v) is 3.69. The third-order valence-electron chi connectivity index (χ3n) is 5.19. The van der Waals surface area contributed by atoms with E-state index in [9.17, 15) is 9.90 Å². The minimum Gasteiger partial charge on any atom is -0.392 e. The van der Waals surface area contributed by atoms with Gasteiger partial charge in [0.15, 0.2) is 0 Å². The number of pyridine rings is 1. The largest absolute Gasteiger partial charge is 0.392 e. The van der Waals surface area contributed by atoms with Crippen LogP contribution >= 0.6 is 12.4 Å². The van der Waals surface area contributed by atoms with Crippen LogP contribution in [-0.4, -0.2) is 20.4 Å². The number of aliphatic hydroxyl groups excluding tert-OH is 1. The molecule has 1 amide bonds. The molecule has 0 atom stereocenters. The third-order valence-corrected chi connectivity index (χ3v) is 5.19. The van der Waals surface area contributed by atoms with Gasteiger partial charge in [0.1, 0.15) is 5.65 Å². The first-order valence-electron chi connectivity index (χ1n) is 9.32. The van der Waals surface area contributed by atoms with Gasteiger partial charge < -0.3 is 14.8 Å². The lowest BCUT2D eigenvalue weighted by molar-refractivity contribution is -0.116. The summed E-state index contributed by atoms with van der Waals surface area (Å²) in [4.78, 5) is 16.3. The first kappa shape index (κ1) is 19.2. The molecule has 0 spiro atoms. The average Bonchev–Trinajstić information content (AvgIpc) is 3.16. The minimum absolute atomic E-state index is 0. The Morgan fingerprint density at radius 1 is 0.966 bits per heavy atom. The molecule has 29 heavy (non-hydrogen) atoms. The number of hydrogen-bond acceptors (Lipinski definition) is 3. The van der Waals surface area contributed by atoms with E-state index in [0.717, 1.165) is 51.3 Å². The number of aryl methyl sites for hydroxylation is 1. The molecular weight excluding hydrogens is 386 g/mol. The highest BCUT2D eigenvalue weighted by Gasteiger charge is 2.16. The number of aliphatic hydroxyl groups is 1. The first-order chi connectivity index (χ1) is 13.7. The highest BCUT2D eigenvalue weighted by atomic mass is 35.5. The molecule has 2 aromatic heterocycles. The molecule has 1 aliphatic heterocycles. The van der Waals surface area contributed by atoms with Gasteiger partial charge in [-0.2, -0.15) is 0 Å². The second-order valence-electron chi connectivity index (χ2n) is 7.09. The van der Waals surface area contributed by atoms with Crippen LogP contribution in [0.4, 0.5) is 5.69 Å². The number of hydrogen-bond donors (Lipinski definition) is 2. The number of carbonyl (C=O) groups is 1. The molecule has 0 bridgehead atoms. The lowest BCUT2D eigenvalue weighted by Gasteiger charge is -2.17. The monoisotopic (exact) mass is 405 g/mol. The van der Waals surface area contributed by atoms with Crippen LogP contribution in [0, 0.1) is 0 Å². The Hall–Kier alpha value is -3.15. The Labute approximate surface area is 174 Å². The van der Waals surface area contributed by atoms with Crippen LogP contribution in [0.1, 0.15) is 17.5 Å². The van der Waals surface area contributed by atoms with Gasteiger partial charge in [-0.25, -0.2) is 4.98 Å². The number of amides is 1. The standard InChI is InChI=1S/C23H19N3O2.ClH/c27-14-15-2-1-3-16(10-15)19-5-8-22-24-21(13-26(22)12-19)18-4-7-20-17(11-18)6-9-23(28)25-20;/h1-5,7-8,10-13,27H,6,9,14H2,(H,25,28);1H. The van der Waals surface area contributed by atoms with Gasteiger partial charge >= 0.3 is 0 Å². The molecule has 5 nitrogen and oxygen atoms in total. The second kappa shape index (κ2) is 7.70. The predicted octanol–water partition coefficient (Wildman–Crippen LogP) is 4.47. The van der Waals surface area contributed by atoms with Crippen molar-refractivity contribution in [3.05, 3.63) is 78.1 Å². The summed E-state index contributed by atoms with van der Waals surface area (Å²) in [5, 5.41) is 12.3. The van der Waals surface area contributed by atoms with Crippen molar-refractivity contribution in [2.75, 3.05) is 5.32 Å².